The highest BCUT2D eigenvalue weighted by molar-refractivity contribution is 5.92. The minimum atomic E-state index is -1.19. The van der Waals surface area contributed by atoms with Gasteiger partial charge in [0.2, 0.25) is 0 Å². The lowest BCUT2D eigenvalue weighted by molar-refractivity contribution is 0.0692. The third kappa shape index (κ3) is 1.37. The molecule has 0 aliphatic rings. The second-order valence-electron chi connectivity index (χ2n) is 2.93. The van der Waals surface area contributed by atoms with E-state index in [9.17, 15) is 4.79 Å². The van der Waals surface area contributed by atoms with E-state index in [1.54, 1.807) is 4.68 Å². The average molecular weight is 207 g/mol. The molecule has 2 heterocycles. The predicted octanol–water partition coefficient (Wildman–Crippen LogP) is 0.127. The van der Waals surface area contributed by atoms with Crippen LogP contribution in [0.5, 0.6) is 0 Å². The zero-order chi connectivity index (χ0) is 11.0. The Morgan fingerprint density at radius 3 is 2.93 bits per heavy atom. The van der Waals surface area contributed by atoms with Crippen molar-refractivity contribution in [3.05, 3.63) is 11.9 Å². The van der Waals surface area contributed by atoms with Crippen molar-refractivity contribution in [2.24, 2.45) is 0 Å². The fraction of sp³-hybridized carbons (Fsp3) is 0.250. The summed E-state index contributed by atoms with van der Waals surface area (Å²) in [4.78, 5) is 18.6. The number of carbonyl (C=O) groups is 1. The molecule has 0 atom stereocenters. The number of nitrogen functional groups attached to an aromatic ring is 1. The van der Waals surface area contributed by atoms with Gasteiger partial charge in [0.25, 0.3) is 0 Å². The Morgan fingerprint density at radius 1 is 1.60 bits per heavy atom. The molecule has 0 saturated heterocycles. The average Bonchev–Trinajstić information content (AvgIpc) is 2.58. The molecule has 0 aliphatic heterocycles. The summed E-state index contributed by atoms with van der Waals surface area (Å²) in [5, 5.41) is 12.8. The zero-order valence-electron chi connectivity index (χ0n) is 8.01. The number of fused-ring (bicyclic) bond motifs is 1. The molecule has 3 N–H and O–H groups in total. The summed E-state index contributed by atoms with van der Waals surface area (Å²) in [6, 6.07) is 0. The fourth-order valence-electron chi connectivity index (χ4n) is 1.30. The number of nitrogens with zero attached hydrogens (tertiary/aromatic N) is 4. The first-order valence-corrected chi connectivity index (χ1v) is 4.35. The van der Waals surface area contributed by atoms with Crippen molar-refractivity contribution in [3.8, 4) is 0 Å². The van der Waals surface area contributed by atoms with Gasteiger partial charge in [0, 0.05) is 6.54 Å². The molecular formula is C8H9N5O2. The maximum atomic E-state index is 10.7. The molecule has 2 aromatic heterocycles. The van der Waals surface area contributed by atoms with Crippen LogP contribution in [0.3, 0.4) is 0 Å². The van der Waals surface area contributed by atoms with Crippen LogP contribution in [0, 0.1) is 0 Å². The van der Waals surface area contributed by atoms with Gasteiger partial charge in [-0.2, -0.15) is 5.10 Å². The Kier molecular flexibility index (Phi) is 2.00. The Hall–Kier alpha value is -2.18. The number of aromatic carboxylic acids is 1. The van der Waals surface area contributed by atoms with Crippen LogP contribution >= 0.6 is 0 Å². The quantitative estimate of drug-likeness (QED) is 0.724. The minimum Gasteiger partial charge on any atom is -0.476 e. The Morgan fingerprint density at radius 2 is 2.33 bits per heavy atom. The summed E-state index contributed by atoms with van der Waals surface area (Å²) in [5.41, 5.74) is 6.17. The number of carboxylic acid groups (broad SMARTS) is 1. The van der Waals surface area contributed by atoms with Gasteiger partial charge in [-0.1, -0.05) is 0 Å². The lowest BCUT2D eigenvalue weighted by Gasteiger charge is -2.00. The molecule has 78 valence electrons. The molecule has 0 saturated carbocycles. The number of hydrogen-bond donors (Lipinski definition) is 2. The predicted molar refractivity (Wildman–Crippen MR) is 52.4 cm³/mol. The molecule has 0 aliphatic carbocycles. The number of nitrogens with two attached hydrogens (primary N) is 1. The molecule has 0 radical (unpaired) electrons. The highest BCUT2D eigenvalue weighted by Gasteiger charge is 2.14. The standard InChI is InChI=1S/C8H9N5O2/c1-2-13-7-4(3-10-13)11-5(8(14)15)6(9)12-7/h3H,2H2,1H3,(H2,9,12)(H,14,15). The van der Waals surface area contributed by atoms with Crippen LogP contribution in [-0.2, 0) is 6.54 Å². The van der Waals surface area contributed by atoms with Gasteiger partial charge in [0.05, 0.1) is 6.20 Å². The van der Waals surface area contributed by atoms with Gasteiger partial charge in [-0.05, 0) is 6.92 Å². The molecule has 7 heteroatoms. The van der Waals surface area contributed by atoms with E-state index >= 15 is 0 Å². The molecule has 2 aromatic rings. The van der Waals surface area contributed by atoms with Crippen molar-refractivity contribution in [1.82, 2.24) is 19.7 Å². The Bertz CT molecular complexity index is 533. The van der Waals surface area contributed by atoms with E-state index in [0.29, 0.717) is 17.7 Å². The summed E-state index contributed by atoms with van der Waals surface area (Å²) in [7, 11) is 0. The van der Waals surface area contributed by atoms with Crippen molar-refractivity contribution in [2.75, 3.05) is 5.73 Å². The second-order valence-corrected chi connectivity index (χ2v) is 2.93. The highest BCUT2D eigenvalue weighted by atomic mass is 16.4. The van der Waals surface area contributed by atoms with Gasteiger partial charge in [-0.3, -0.25) is 0 Å². The normalized spacial score (nSPS) is 10.7. The van der Waals surface area contributed by atoms with Crippen LogP contribution < -0.4 is 5.73 Å². The largest absolute Gasteiger partial charge is 0.476 e. The van der Waals surface area contributed by atoms with Gasteiger partial charge >= 0.3 is 5.97 Å². The van der Waals surface area contributed by atoms with Gasteiger partial charge in [0.1, 0.15) is 5.52 Å². The smallest absolute Gasteiger partial charge is 0.358 e. The van der Waals surface area contributed by atoms with Crippen LogP contribution in [0.15, 0.2) is 6.20 Å². The number of aromatic nitrogens is 4. The number of anilines is 1. The van der Waals surface area contributed by atoms with Crippen LogP contribution in [-0.4, -0.2) is 30.8 Å². The molecule has 0 unspecified atom stereocenters. The van der Waals surface area contributed by atoms with Crippen molar-refractivity contribution < 1.29 is 9.90 Å². The van der Waals surface area contributed by atoms with Gasteiger partial charge in [-0.25, -0.2) is 19.4 Å². The second kappa shape index (κ2) is 3.19. The van der Waals surface area contributed by atoms with Gasteiger partial charge in [-0.15, -0.1) is 0 Å². The van der Waals surface area contributed by atoms with Crippen molar-refractivity contribution in [2.45, 2.75) is 13.5 Å². The topological polar surface area (TPSA) is 107 Å². The van der Waals surface area contributed by atoms with E-state index in [2.05, 4.69) is 15.1 Å². The van der Waals surface area contributed by atoms with Crippen LogP contribution in [0.25, 0.3) is 11.2 Å². The molecule has 0 aromatic carbocycles. The molecule has 0 amide bonds. The molecule has 2 rings (SSSR count). The van der Waals surface area contributed by atoms with Crippen LogP contribution in [0.1, 0.15) is 17.4 Å². The monoisotopic (exact) mass is 207 g/mol. The third-order valence-electron chi connectivity index (χ3n) is 2.00. The summed E-state index contributed by atoms with van der Waals surface area (Å²) < 4.78 is 1.60. The van der Waals surface area contributed by atoms with E-state index in [4.69, 9.17) is 10.8 Å². The first-order valence-electron chi connectivity index (χ1n) is 4.35. The summed E-state index contributed by atoms with van der Waals surface area (Å²) in [5.74, 6) is -1.28. The van der Waals surface area contributed by atoms with E-state index in [-0.39, 0.29) is 11.5 Å². The van der Waals surface area contributed by atoms with Gasteiger partial charge in [0.15, 0.2) is 17.2 Å². The molecule has 7 nitrogen and oxygen atoms in total. The summed E-state index contributed by atoms with van der Waals surface area (Å²) >= 11 is 0. The van der Waals surface area contributed by atoms with E-state index in [1.807, 2.05) is 6.92 Å². The number of aryl methyl sites for hydroxylation is 1. The molecule has 0 fully saturated rings. The number of carboxylic acids is 1. The van der Waals surface area contributed by atoms with Crippen molar-refractivity contribution in [3.63, 3.8) is 0 Å². The third-order valence-corrected chi connectivity index (χ3v) is 2.00. The first kappa shape index (κ1) is 9.38. The lowest BCUT2D eigenvalue weighted by atomic mass is 10.4. The van der Waals surface area contributed by atoms with Crippen molar-refractivity contribution in [1.29, 1.82) is 0 Å². The summed E-state index contributed by atoms with van der Waals surface area (Å²) in [6.07, 6.45) is 1.47. The lowest BCUT2D eigenvalue weighted by Crippen LogP contribution is -2.09. The highest BCUT2D eigenvalue weighted by Crippen LogP contribution is 2.13. The van der Waals surface area contributed by atoms with Crippen LogP contribution in [0.4, 0.5) is 5.82 Å². The zero-order valence-corrected chi connectivity index (χ0v) is 8.01. The molecular weight excluding hydrogens is 198 g/mol. The van der Waals surface area contributed by atoms with Gasteiger partial charge < -0.3 is 10.8 Å². The number of rotatable bonds is 2. The van der Waals surface area contributed by atoms with E-state index in [0.717, 1.165) is 0 Å². The molecule has 0 bridgehead atoms. The van der Waals surface area contributed by atoms with Crippen LogP contribution in [0.2, 0.25) is 0 Å². The summed E-state index contributed by atoms with van der Waals surface area (Å²) in [6.45, 7) is 2.53. The minimum absolute atomic E-state index is 0.0924. The number of hydrogen-bond acceptors (Lipinski definition) is 5. The van der Waals surface area contributed by atoms with Crippen molar-refractivity contribution >= 4 is 23.0 Å². The SMILES string of the molecule is CCn1ncc2nc(C(=O)O)c(N)nc21. The molecule has 0 spiro atoms. The first-order chi connectivity index (χ1) is 7.13. The fourth-order valence-corrected chi connectivity index (χ4v) is 1.30. The Labute approximate surface area is 84.6 Å². The Balaban J connectivity index is 2.72. The maximum absolute atomic E-state index is 10.7. The molecule has 15 heavy (non-hydrogen) atoms. The van der Waals surface area contributed by atoms with E-state index in [1.165, 1.54) is 6.20 Å². The maximum Gasteiger partial charge on any atom is 0.358 e. The van der Waals surface area contributed by atoms with E-state index < -0.39 is 5.97 Å².